The topological polar surface area (TPSA) is 40.1 Å². The molecule has 0 aliphatic carbocycles. The normalized spacial score (nSPS) is 10.4. The summed E-state index contributed by atoms with van der Waals surface area (Å²) in [6.07, 6.45) is 17.9. The fourth-order valence-corrected chi connectivity index (χ4v) is 2.66. The molecule has 0 bridgehead atoms. The maximum absolute atomic E-state index is 11.9. The van der Waals surface area contributed by atoms with Crippen molar-refractivity contribution in [1.82, 2.24) is 0 Å². The minimum Gasteiger partial charge on any atom is -0.550 e. The number of aliphatic carboxylic acids is 1. The number of unbranched alkanes of at least 4 members (excludes halogenated alkanes) is 14. The van der Waals surface area contributed by atoms with Gasteiger partial charge in [-0.2, -0.15) is 0 Å². The molecule has 2 nitrogen and oxygen atoms in total. The molecule has 0 aliphatic heterocycles. The summed E-state index contributed by atoms with van der Waals surface area (Å²) >= 11 is 0. The van der Waals surface area contributed by atoms with E-state index in [9.17, 15) is 14.3 Å². The van der Waals surface area contributed by atoms with E-state index >= 15 is 0 Å². The van der Waals surface area contributed by atoms with E-state index in [2.05, 4.69) is 0 Å². The zero-order valence-corrected chi connectivity index (χ0v) is 16.7. The van der Waals surface area contributed by atoms with Crippen molar-refractivity contribution in [3.8, 4) is 0 Å². The van der Waals surface area contributed by atoms with Crippen LogP contribution in [-0.2, 0) is 4.79 Å². The molecule has 0 fully saturated rings. The molecule has 0 saturated carbocycles. The smallest absolute Gasteiger partial charge is 0.550 e. The van der Waals surface area contributed by atoms with Gasteiger partial charge >= 0.3 is 29.6 Å². The van der Waals surface area contributed by atoms with Crippen molar-refractivity contribution < 1.29 is 43.8 Å². The number of carboxylic acids is 1. The van der Waals surface area contributed by atoms with Crippen LogP contribution in [-0.4, -0.2) is 12.6 Å². The van der Waals surface area contributed by atoms with Crippen molar-refractivity contribution in [2.75, 3.05) is 6.67 Å². The molecule has 22 heavy (non-hydrogen) atoms. The summed E-state index contributed by atoms with van der Waals surface area (Å²) in [6.45, 7) is -0.156. The summed E-state index contributed by atoms with van der Waals surface area (Å²) in [5.74, 6) is -0.919. The van der Waals surface area contributed by atoms with Crippen LogP contribution in [0.15, 0.2) is 0 Å². The first kappa shape index (κ1) is 24.6. The summed E-state index contributed by atoms with van der Waals surface area (Å²) < 4.78 is 11.9. The third-order valence-electron chi connectivity index (χ3n) is 4.01. The second kappa shape index (κ2) is 21.4. The zero-order valence-electron chi connectivity index (χ0n) is 14.7. The second-order valence-electron chi connectivity index (χ2n) is 6.11. The van der Waals surface area contributed by atoms with Gasteiger partial charge in [-0.25, -0.2) is 0 Å². The van der Waals surface area contributed by atoms with Crippen LogP contribution in [0.3, 0.4) is 0 Å². The molecule has 0 unspecified atom stereocenters. The van der Waals surface area contributed by atoms with Crippen molar-refractivity contribution in [2.24, 2.45) is 0 Å². The van der Waals surface area contributed by atoms with Crippen LogP contribution in [0.5, 0.6) is 0 Å². The SMILES string of the molecule is O=C([O-])CCCCCCCCCCCCCCCCCF.[Na+]. The standard InChI is InChI=1S/C18H35FO2.Na/c19-17-15-13-11-9-7-5-3-1-2-4-6-8-10-12-14-16-18(20)21;/h1-17H2,(H,20,21);/q;+1/p-1. The van der Waals surface area contributed by atoms with Crippen LogP contribution in [0.4, 0.5) is 4.39 Å². The first-order valence-corrected chi connectivity index (χ1v) is 9.03. The number of hydrogen-bond donors (Lipinski definition) is 0. The fraction of sp³-hybridized carbons (Fsp3) is 0.944. The predicted octanol–water partition coefficient (Wildman–Crippen LogP) is 1.95. The average Bonchev–Trinajstić information content (AvgIpc) is 2.46. The van der Waals surface area contributed by atoms with Gasteiger partial charge in [0.15, 0.2) is 0 Å². The van der Waals surface area contributed by atoms with Gasteiger partial charge in [0.1, 0.15) is 0 Å². The summed E-state index contributed by atoms with van der Waals surface area (Å²) in [4.78, 5) is 10.2. The van der Waals surface area contributed by atoms with Gasteiger partial charge in [0.2, 0.25) is 0 Å². The van der Waals surface area contributed by atoms with Gasteiger partial charge in [-0.3, -0.25) is 4.39 Å². The second-order valence-corrected chi connectivity index (χ2v) is 6.11. The number of carbonyl (C=O) groups is 1. The quantitative estimate of drug-likeness (QED) is 0.303. The number of hydrogen-bond acceptors (Lipinski definition) is 2. The average molecular weight is 324 g/mol. The maximum atomic E-state index is 11.9. The molecule has 0 aromatic heterocycles. The van der Waals surface area contributed by atoms with Crippen molar-refractivity contribution in [3.05, 3.63) is 0 Å². The molecule has 0 heterocycles. The van der Waals surface area contributed by atoms with Gasteiger partial charge in [0.05, 0.1) is 6.67 Å². The molecular weight excluding hydrogens is 290 g/mol. The van der Waals surface area contributed by atoms with E-state index in [-0.39, 0.29) is 42.7 Å². The summed E-state index contributed by atoms with van der Waals surface area (Å²) in [5.41, 5.74) is 0. The van der Waals surface area contributed by atoms with E-state index < -0.39 is 5.97 Å². The fourth-order valence-electron chi connectivity index (χ4n) is 2.66. The molecule has 0 aromatic rings. The van der Waals surface area contributed by atoms with Gasteiger partial charge in [0.25, 0.3) is 0 Å². The van der Waals surface area contributed by atoms with Gasteiger partial charge in [0, 0.05) is 5.97 Å². The Balaban J connectivity index is 0. The third kappa shape index (κ3) is 22.7. The van der Waals surface area contributed by atoms with E-state index in [4.69, 9.17) is 0 Å². The molecule has 126 valence electrons. The van der Waals surface area contributed by atoms with Crippen LogP contribution in [0.25, 0.3) is 0 Å². The number of carboxylic acid groups (broad SMARTS) is 1. The molecule has 0 spiro atoms. The van der Waals surface area contributed by atoms with Crippen molar-refractivity contribution in [3.63, 3.8) is 0 Å². The monoisotopic (exact) mass is 324 g/mol. The molecule has 0 aromatic carbocycles. The van der Waals surface area contributed by atoms with Gasteiger partial charge < -0.3 is 9.90 Å². The van der Waals surface area contributed by atoms with E-state index in [1.807, 2.05) is 0 Å². The minimum atomic E-state index is -0.919. The molecule has 0 atom stereocenters. The third-order valence-corrected chi connectivity index (χ3v) is 4.01. The largest absolute Gasteiger partial charge is 1.00 e. The Hall–Kier alpha value is 0.400. The maximum Gasteiger partial charge on any atom is 1.00 e. The first-order chi connectivity index (χ1) is 10.3. The van der Waals surface area contributed by atoms with Crippen molar-refractivity contribution in [1.29, 1.82) is 0 Å². The Bertz CT molecular complexity index is 225. The van der Waals surface area contributed by atoms with E-state index in [1.165, 1.54) is 64.2 Å². The molecule has 0 rings (SSSR count). The van der Waals surface area contributed by atoms with Gasteiger partial charge in [-0.15, -0.1) is 0 Å². The number of rotatable bonds is 17. The van der Waals surface area contributed by atoms with Gasteiger partial charge in [-0.1, -0.05) is 83.5 Å². The Morgan fingerprint density at radius 3 is 1.14 bits per heavy atom. The van der Waals surface area contributed by atoms with Crippen molar-refractivity contribution in [2.45, 2.75) is 103 Å². The summed E-state index contributed by atoms with van der Waals surface area (Å²) in [6, 6.07) is 0. The van der Waals surface area contributed by atoms with E-state index in [0.29, 0.717) is 0 Å². The summed E-state index contributed by atoms with van der Waals surface area (Å²) in [5, 5.41) is 10.2. The van der Waals surface area contributed by atoms with Crippen LogP contribution in [0.1, 0.15) is 103 Å². The Morgan fingerprint density at radius 1 is 0.591 bits per heavy atom. The van der Waals surface area contributed by atoms with Crippen LogP contribution in [0.2, 0.25) is 0 Å². The number of alkyl halides is 1. The molecule has 0 radical (unpaired) electrons. The van der Waals surface area contributed by atoms with E-state index in [1.54, 1.807) is 0 Å². The van der Waals surface area contributed by atoms with Crippen LogP contribution in [0, 0.1) is 0 Å². The minimum absolute atomic E-state index is 0. The molecule has 0 saturated heterocycles. The van der Waals surface area contributed by atoms with Gasteiger partial charge in [-0.05, 0) is 19.3 Å². The molecule has 0 aliphatic rings. The number of halogens is 1. The predicted molar refractivity (Wildman–Crippen MR) is 84.9 cm³/mol. The Labute approximate surface area is 158 Å². The number of carbonyl (C=O) groups excluding carboxylic acids is 1. The molecule has 0 amide bonds. The first-order valence-electron chi connectivity index (χ1n) is 9.03. The molecular formula is C18H34FNaO2. The molecule has 4 heteroatoms. The van der Waals surface area contributed by atoms with Crippen molar-refractivity contribution >= 4 is 5.97 Å². The molecule has 0 N–H and O–H groups in total. The van der Waals surface area contributed by atoms with Crippen LogP contribution >= 0.6 is 0 Å². The van der Waals surface area contributed by atoms with Crippen LogP contribution < -0.4 is 34.7 Å². The summed E-state index contributed by atoms with van der Waals surface area (Å²) in [7, 11) is 0. The van der Waals surface area contributed by atoms with E-state index in [0.717, 1.165) is 32.1 Å². The Kier molecular flexibility index (Phi) is 24.0. The Morgan fingerprint density at radius 2 is 0.864 bits per heavy atom. The zero-order chi connectivity index (χ0) is 15.6.